The van der Waals surface area contributed by atoms with Crippen molar-refractivity contribution in [2.75, 3.05) is 78.3 Å². The molecule has 1 aliphatic rings. The largest absolute Gasteiger partial charge is 0.507 e. The van der Waals surface area contributed by atoms with Gasteiger partial charge in [-0.25, -0.2) is 0 Å². The maximum Gasteiger partial charge on any atom is 0.200 e. The molecule has 0 fully saturated rings. The minimum Gasteiger partial charge on any atom is -0.507 e. The van der Waals surface area contributed by atoms with E-state index < -0.39 is 11.6 Å². The number of rotatable bonds is 8. The second kappa shape index (κ2) is 11.4. The van der Waals surface area contributed by atoms with Crippen LogP contribution < -0.4 is 9.80 Å². The Hall–Kier alpha value is -3.10. The van der Waals surface area contributed by atoms with Gasteiger partial charge in [-0.1, -0.05) is 13.8 Å². The number of fused-ring (bicyclic) bond motifs is 2. The SMILES string of the molecule is CC.CN(C)CCN(C)c1ccc(N(C)CCN(C)C)c2c1C(=O)c1c(O)ccc(O)c1C2=O. The van der Waals surface area contributed by atoms with Crippen LogP contribution in [0.3, 0.4) is 0 Å². The van der Waals surface area contributed by atoms with Crippen molar-refractivity contribution in [1.82, 2.24) is 9.80 Å². The lowest BCUT2D eigenvalue weighted by molar-refractivity contribution is 0.0975. The van der Waals surface area contributed by atoms with Crippen LogP contribution in [0.15, 0.2) is 24.3 Å². The summed E-state index contributed by atoms with van der Waals surface area (Å²) in [7, 11) is 11.6. The molecular weight excluding hydrogens is 432 g/mol. The standard InChI is InChI=1S/C24H32N4O4.C2H6/c1-25(2)11-13-27(5)15-7-8-16(28(6)14-12-26(3)4)20-19(15)23(31)21-17(29)9-10-18(30)22(21)24(20)32;1-2/h7-10,29-30H,11-14H2,1-6H3;1-2H3. The van der Waals surface area contributed by atoms with Gasteiger partial charge in [-0.3, -0.25) is 9.59 Å². The fraction of sp³-hybridized carbons (Fsp3) is 0.462. The highest BCUT2D eigenvalue weighted by Crippen LogP contribution is 2.43. The molecule has 0 radical (unpaired) electrons. The Balaban J connectivity index is 0.00000199. The molecule has 186 valence electrons. The second-order valence-corrected chi connectivity index (χ2v) is 8.82. The second-order valence-electron chi connectivity index (χ2n) is 8.82. The summed E-state index contributed by atoms with van der Waals surface area (Å²) < 4.78 is 0. The summed E-state index contributed by atoms with van der Waals surface area (Å²) in [6.45, 7) is 6.83. The van der Waals surface area contributed by atoms with Gasteiger partial charge in [-0.05, 0) is 52.5 Å². The van der Waals surface area contributed by atoms with Crippen molar-refractivity contribution in [3.8, 4) is 11.5 Å². The highest BCUT2D eigenvalue weighted by molar-refractivity contribution is 6.33. The topological polar surface area (TPSA) is 87.6 Å². The molecule has 0 heterocycles. The number of carbonyl (C=O) groups is 2. The van der Waals surface area contributed by atoms with Crippen molar-refractivity contribution in [3.63, 3.8) is 0 Å². The van der Waals surface area contributed by atoms with Crippen LogP contribution in [0.25, 0.3) is 0 Å². The summed E-state index contributed by atoms with van der Waals surface area (Å²) in [5.41, 5.74) is 1.49. The molecule has 0 saturated carbocycles. The molecule has 2 N–H and O–H groups in total. The fourth-order valence-corrected chi connectivity index (χ4v) is 3.91. The number of carbonyl (C=O) groups excluding carboxylic acids is 2. The lowest BCUT2D eigenvalue weighted by Crippen LogP contribution is -2.34. The zero-order chi connectivity index (χ0) is 25.7. The fourth-order valence-electron chi connectivity index (χ4n) is 3.91. The Kier molecular flexibility index (Phi) is 9.06. The van der Waals surface area contributed by atoms with E-state index in [9.17, 15) is 19.8 Å². The molecule has 1 aliphatic carbocycles. The van der Waals surface area contributed by atoms with Gasteiger partial charge in [0.2, 0.25) is 11.6 Å². The molecule has 3 rings (SSSR count). The number of aromatic hydroxyl groups is 2. The van der Waals surface area contributed by atoms with Crippen LogP contribution in [0, 0.1) is 0 Å². The maximum absolute atomic E-state index is 13.6. The monoisotopic (exact) mass is 470 g/mol. The summed E-state index contributed by atoms with van der Waals surface area (Å²) in [5, 5.41) is 20.8. The highest BCUT2D eigenvalue weighted by Gasteiger charge is 2.39. The Morgan fingerprint density at radius 3 is 1.18 bits per heavy atom. The van der Waals surface area contributed by atoms with Gasteiger partial charge in [-0.15, -0.1) is 0 Å². The molecule has 0 unspecified atom stereocenters. The number of hydrogen-bond acceptors (Lipinski definition) is 8. The molecule has 2 aromatic rings. The predicted molar refractivity (Wildman–Crippen MR) is 138 cm³/mol. The van der Waals surface area contributed by atoms with E-state index in [2.05, 4.69) is 0 Å². The zero-order valence-electron chi connectivity index (χ0n) is 21.6. The van der Waals surface area contributed by atoms with Gasteiger partial charge in [0.1, 0.15) is 11.5 Å². The average Bonchev–Trinajstić information content (AvgIpc) is 2.81. The molecule has 0 aliphatic heterocycles. The van der Waals surface area contributed by atoms with E-state index in [4.69, 9.17) is 0 Å². The number of nitrogens with zero attached hydrogens (tertiary/aromatic N) is 4. The Morgan fingerprint density at radius 1 is 0.559 bits per heavy atom. The van der Waals surface area contributed by atoms with E-state index in [0.29, 0.717) is 24.5 Å². The molecule has 0 aromatic heterocycles. The Labute approximate surface area is 203 Å². The summed E-state index contributed by atoms with van der Waals surface area (Å²) in [6, 6.07) is 6.19. The first-order valence-corrected chi connectivity index (χ1v) is 11.6. The van der Waals surface area contributed by atoms with Crippen LogP contribution in [-0.2, 0) is 0 Å². The van der Waals surface area contributed by atoms with Gasteiger partial charge in [-0.2, -0.15) is 0 Å². The van der Waals surface area contributed by atoms with Gasteiger partial charge in [0.15, 0.2) is 0 Å². The third-order valence-electron chi connectivity index (χ3n) is 5.82. The third-order valence-corrected chi connectivity index (χ3v) is 5.82. The van der Waals surface area contributed by atoms with Crippen molar-refractivity contribution in [3.05, 3.63) is 46.5 Å². The van der Waals surface area contributed by atoms with Crippen LogP contribution in [-0.4, -0.2) is 100 Å². The van der Waals surface area contributed by atoms with E-state index in [1.54, 1.807) is 0 Å². The molecule has 0 bridgehead atoms. The van der Waals surface area contributed by atoms with E-state index in [0.717, 1.165) is 13.1 Å². The van der Waals surface area contributed by atoms with Crippen LogP contribution in [0.4, 0.5) is 11.4 Å². The van der Waals surface area contributed by atoms with Crippen molar-refractivity contribution in [1.29, 1.82) is 0 Å². The van der Waals surface area contributed by atoms with E-state index in [1.807, 2.05) is 87.9 Å². The first-order valence-electron chi connectivity index (χ1n) is 11.6. The quantitative estimate of drug-likeness (QED) is 0.486. The summed E-state index contributed by atoms with van der Waals surface area (Å²) in [5.74, 6) is -1.54. The van der Waals surface area contributed by atoms with Gasteiger partial charge in [0.05, 0.1) is 22.3 Å². The maximum atomic E-state index is 13.6. The number of hydrogen-bond donors (Lipinski definition) is 2. The first-order chi connectivity index (χ1) is 16.0. The molecule has 0 amide bonds. The lowest BCUT2D eigenvalue weighted by atomic mass is 9.81. The van der Waals surface area contributed by atoms with Crippen molar-refractivity contribution in [2.24, 2.45) is 0 Å². The minimum atomic E-state index is -0.461. The summed E-state index contributed by atoms with van der Waals surface area (Å²) >= 11 is 0. The summed E-state index contributed by atoms with van der Waals surface area (Å²) in [4.78, 5) is 35.3. The molecular formula is C26H38N4O4. The van der Waals surface area contributed by atoms with Crippen LogP contribution in [0.5, 0.6) is 11.5 Å². The van der Waals surface area contributed by atoms with Gasteiger partial charge >= 0.3 is 0 Å². The minimum absolute atomic E-state index is 0.141. The Morgan fingerprint density at radius 2 is 0.882 bits per heavy atom. The molecule has 8 nitrogen and oxygen atoms in total. The van der Waals surface area contributed by atoms with Gasteiger partial charge < -0.3 is 29.8 Å². The van der Waals surface area contributed by atoms with Crippen molar-refractivity contribution < 1.29 is 19.8 Å². The normalized spacial score (nSPS) is 12.3. The number of ketones is 2. The number of phenols is 2. The van der Waals surface area contributed by atoms with E-state index >= 15 is 0 Å². The van der Waals surface area contributed by atoms with E-state index in [1.165, 1.54) is 12.1 Å². The molecule has 34 heavy (non-hydrogen) atoms. The number of likely N-dealkylation sites (N-methyl/N-ethyl adjacent to an activating group) is 4. The molecule has 0 spiro atoms. The number of anilines is 2. The molecule has 0 saturated heterocycles. The van der Waals surface area contributed by atoms with Crippen molar-refractivity contribution >= 4 is 22.9 Å². The number of phenolic OH excluding ortho intramolecular Hbond substituents is 2. The van der Waals surface area contributed by atoms with Gasteiger partial charge in [0.25, 0.3) is 0 Å². The molecule has 0 atom stereocenters. The van der Waals surface area contributed by atoms with Crippen LogP contribution >= 0.6 is 0 Å². The first kappa shape index (κ1) is 27.1. The molecule has 2 aromatic carbocycles. The molecule has 8 heteroatoms. The van der Waals surface area contributed by atoms with E-state index in [-0.39, 0.29) is 33.8 Å². The third kappa shape index (κ3) is 5.34. The lowest BCUT2D eigenvalue weighted by Gasteiger charge is -2.31. The van der Waals surface area contributed by atoms with Gasteiger partial charge in [0, 0.05) is 51.6 Å². The van der Waals surface area contributed by atoms with Crippen LogP contribution in [0.2, 0.25) is 0 Å². The predicted octanol–water partition coefficient (Wildman–Crippen LogP) is 2.90. The van der Waals surface area contributed by atoms with Crippen LogP contribution in [0.1, 0.15) is 45.7 Å². The summed E-state index contributed by atoms with van der Waals surface area (Å²) in [6.07, 6.45) is 0. The smallest absolute Gasteiger partial charge is 0.200 e. The van der Waals surface area contributed by atoms with Crippen molar-refractivity contribution in [2.45, 2.75) is 13.8 Å². The number of benzene rings is 2. The Bertz CT molecular complexity index is 968. The average molecular weight is 471 g/mol. The zero-order valence-corrected chi connectivity index (χ0v) is 21.6. The highest BCUT2D eigenvalue weighted by atomic mass is 16.3.